The first-order chi connectivity index (χ1) is 7.77. The van der Waals surface area contributed by atoms with Gasteiger partial charge in [0.1, 0.15) is 11.3 Å². The van der Waals surface area contributed by atoms with Crippen LogP contribution < -0.4 is 4.74 Å². The van der Waals surface area contributed by atoms with Crippen LogP contribution in [0, 0.1) is 3.57 Å². The molecule has 0 amide bonds. The number of benzene rings is 1. The maximum Gasteiger partial charge on any atom is 0.420 e. The highest BCUT2D eigenvalue weighted by molar-refractivity contribution is 14.1. The molecule has 0 fully saturated rings. The summed E-state index contributed by atoms with van der Waals surface area (Å²) in [6.07, 6.45) is -4.49. The van der Waals surface area contributed by atoms with Crippen molar-refractivity contribution in [3.8, 4) is 5.75 Å². The molecule has 0 aliphatic heterocycles. The number of halogens is 4. The fourth-order valence-electron chi connectivity index (χ4n) is 1.33. The minimum atomic E-state index is -4.49. The number of alkyl halides is 3. The minimum Gasteiger partial charge on any atom is -0.493 e. The van der Waals surface area contributed by atoms with Gasteiger partial charge in [-0.1, -0.05) is 0 Å². The van der Waals surface area contributed by atoms with Gasteiger partial charge in [0.25, 0.3) is 0 Å². The Hall–Kier alpha value is -0.790. The van der Waals surface area contributed by atoms with Crippen LogP contribution in [0.2, 0.25) is 0 Å². The van der Waals surface area contributed by atoms with E-state index in [4.69, 9.17) is 4.74 Å². The Kier molecular flexibility index (Phi) is 4.40. The molecule has 0 N–H and O–H groups in total. The van der Waals surface area contributed by atoms with Crippen LogP contribution in [0.4, 0.5) is 13.2 Å². The molecule has 0 spiro atoms. The van der Waals surface area contributed by atoms with Gasteiger partial charge in [0.2, 0.25) is 0 Å². The Morgan fingerprint density at radius 1 is 1.41 bits per heavy atom. The summed E-state index contributed by atoms with van der Waals surface area (Å²) in [5, 5.41) is 0. The van der Waals surface area contributed by atoms with Crippen LogP contribution in [0.3, 0.4) is 0 Å². The molecule has 17 heavy (non-hydrogen) atoms. The van der Waals surface area contributed by atoms with Gasteiger partial charge in [0.05, 0.1) is 6.61 Å². The van der Waals surface area contributed by atoms with Crippen LogP contribution in [0.1, 0.15) is 29.8 Å². The summed E-state index contributed by atoms with van der Waals surface area (Å²) >= 11 is 1.56. The molecule has 0 aliphatic carbocycles. The Labute approximate surface area is 110 Å². The molecule has 0 atom stereocenters. The summed E-state index contributed by atoms with van der Waals surface area (Å²) in [5.41, 5.74) is -0.615. The van der Waals surface area contributed by atoms with E-state index in [1.54, 1.807) is 29.5 Å². The van der Waals surface area contributed by atoms with Crippen LogP contribution >= 0.6 is 22.6 Å². The van der Waals surface area contributed by atoms with Crippen molar-refractivity contribution in [3.63, 3.8) is 0 Å². The van der Waals surface area contributed by atoms with E-state index in [2.05, 4.69) is 0 Å². The average molecular weight is 358 g/mol. The molecule has 0 aromatic heterocycles. The second kappa shape index (κ2) is 5.24. The van der Waals surface area contributed by atoms with Crippen molar-refractivity contribution in [2.75, 3.05) is 6.61 Å². The maximum absolute atomic E-state index is 12.8. The molecule has 0 unspecified atom stereocenters. The third-order valence-corrected chi connectivity index (χ3v) is 2.89. The van der Waals surface area contributed by atoms with Gasteiger partial charge in [-0.3, -0.25) is 4.79 Å². The largest absolute Gasteiger partial charge is 0.493 e. The zero-order chi connectivity index (χ0) is 13.2. The first-order valence-electron chi connectivity index (χ1n) is 4.81. The van der Waals surface area contributed by atoms with E-state index in [1.807, 2.05) is 0 Å². The lowest BCUT2D eigenvalue weighted by molar-refractivity contribution is -0.139. The summed E-state index contributed by atoms with van der Waals surface area (Å²) in [5.74, 6) is -0.588. The Bertz CT molecular complexity index is 441. The third kappa shape index (κ3) is 3.34. The lowest BCUT2D eigenvalue weighted by Crippen LogP contribution is -2.12. The molecule has 1 aromatic rings. The van der Waals surface area contributed by atoms with Gasteiger partial charge < -0.3 is 4.74 Å². The summed E-state index contributed by atoms with van der Waals surface area (Å²) in [6.45, 7) is 3.00. The molecule has 0 radical (unpaired) electrons. The van der Waals surface area contributed by atoms with Crippen molar-refractivity contribution >= 4 is 28.4 Å². The molecule has 94 valence electrons. The highest BCUT2D eigenvalue weighted by Crippen LogP contribution is 2.40. The topological polar surface area (TPSA) is 26.3 Å². The van der Waals surface area contributed by atoms with Gasteiger partial charge in [0.15, 0.2) is 5.78 Å². The number of rotatable bonds is 3. The molecule has 0 saturated carbocycles. The zero-order valence-electron chi connectivity index (χ0n) is 9.19. The van der Waals surface area contributed by atoms with E-state index in [0.29, 0.717) is 0 Å². The van der Waals surface area contributed by atoms with Crippen LogP contribution in [-0.2, 0) is 6.18 Å². The lowest BCUT2D eigenvalue weighted by atomic mass is 10.1. The molecular formula is C11H10F3IO2. The predicted molar refractivity (Wildman–Crippen MR) is 65.3 cm³/mol. The van der Waals surface area contributed by atoms with Crippen molar-refractivity contribution in [1.29, 1.82) is 0 Å². The third-order valence-electron chi connectivity index (χ3n) is 2.04. The van der Waals surface area contributed by atoms with Crippen LogP contribution in [0.15, 0.2) is 12.1 Å². The number of carbonyl (C=O) groups excluding carboxylic acids is 1. The monoisotopic (exact) mass is 358 g/mol. The van der Waals surface area contributed by atoms with Crippen LogP contribution in [0.5, 0.6) is 5.75 Å². The number of ketones is 1. The van der Waals surface area contributed by atoms with E-state index < -0.39 is 11.7 Å². The molecular weight excluding hydrogens is 348 g/mol. The minimum absolute atomic E-state index is 0.0359. The van der Waals surface area contributed by atoms with Gasteiger partial charge in [-0.05, 0) is 48.6 Å². The zero-order valence-corrected chi connectivity index (χ0v) is 11.3. The summed E-state index contributed by atoms with van der Waals surface area (Å²) in [6, 6.07) is 2.35. The molecule has 0 bridgehead atoms. The number of hydrogen-bond donors (Lipinski definition) is 0. The van der Waals surface area contributed by atoms with Gasteiger partial charge in [-0.15, -0.1) is 0 Å². The summed E-state index contributed by atoms with van der Waals surface area (Å²) in [4.78, 5) is 11.2. The quantitative estimate of drug-likeness (QED) is 0.605. The first kappa shape index (κ1) is 14.3. The van der Waals surface area contributed by atoms with E-state index in [1.165, 1.54) is 13.0 Å². The van der Waals surface area contributed by atoms with Gasteiger partial charge in [-0.25, -0.2) is 0 Å². The Morgan fingerprint density at radius 3 is 2.41 bits per heavy atom. The van der Waals surface area contributed by atoms with Gasteiger partial charge in [-0.2, -0.15) is 13.2 Å². The molecule has 0 saturated heterocycles. The van der Waals surface area contributed by atoms with Gasteiger partial charge in [0, 0.05) is 9.13 Å². The molecule has 1 aromatic carbocycles. The van der Waals surface area contributed by atoms with E-state index >= 15 is 0 Å². The Morgan fingerprint density at radius 2 is 2.00 bits per heavy atom. The highest BCUT2D eigenvalue weighted by atomic mass is 127. The summed E-state index contributed by atoms with van der Waals surface area (Å²) < 4.78 is 43.3. The smallest absolute Gasteiger partial charge is 0.420 e. The van der Waals surface area contributed by atoms with Crippen LogP contribution in [-0.4, -0.2) is 12.4 Å². The maximum atomic E-state index is 12.8. The summed E-state index contributed by atoms with van der Waals surface area (Å²) in [7, 11) is 0. The standard InChI is InChI=1S/C11H10F3IO2/c1-3-17-9-5-7(6(2)16)4-8(15)10(9)11(12,13)14/h4-5H,3H2,1-2H3. The number of carbonyl (C=O) groups is 1. The van der Waals surface area contributed by atoms with E-state index in [0.717, 1.165) is 6.07 Å². The molecule has 6 heteroatoms. The number of hydrogen-bond acceptors (Lipinski definition) is 2. The highest BCUT2D eigenvalue weighted by Gasteiger charge is 2.37. The van der Waals surface area contributed by atoms with E-state index in [-0.39, 0.29) is 27.3 Å². The van der Waals surface area contributed by atoms with Crippen molar-refractivity contribution < 1.29 is 22.7 Å². The molecule has 0 aliphatic rings. The number of ether oxygens (including phenoxy) is 1. The van der Waals surface area contributed by atoms with E-state index in [9.17, 15) is 18.0 Å². The average Bonchev–Trinajstić information content (AvgIpc) is 2.14. The lowest BCUT2D eigenvalue weighted by Gasteiger charge is -2.15. The fraction of sp³-hybridized carbons (Fsp3) is 0.364. The molecule has 2 nitrogen and oxygen atoms in total. The van der Waals surface area contributed by atoms with Crippen molar-refractivity contribution in [2.24, 2.45) is 0 Å². The van der Waals surface area contributed by atoms with Gasteiger partial charge >= 0.3 is 6.18 Å². The van der Waals surface area contributed by atoms with Crippen molar-refractivity contribution in [3.05, 3.63) is 26.8 Å². The molecule has 0 heterocycles. The first-order valence-corrected chi connectivity index (χ1v) is 5.89. The van der Waals surface area contributed by atoms with Crippen LogP contribution in [0.25, 0.3) is 0 Å². The van der Waals surface area contributed by atoms with Crippen molar-refractivity contribution in [2.45, 2.75) is 20.0 Å². The normalized spacial score (nSPS) is 11.4. The Balaban J connectivity index is 3.43. The van der Waals surface area contributed by atoms with Crippen molar-refractivity contribution in [1.82, 2.24) is 0 Å². The second-order valence-electron chi connectivity index (χ2n) is 3.32. The molecule has 1 rings (SSSR count). The number of Topliss-reactive ketones (excluding diaryl/α,β-unsaturated/α-hetero) is 1. The fourth-order valence-corrected chi connectivity index (χ4v) is 2.24. The predicted octanol–water partition coefficient (Wildman–Crippen LogP) is 3.91. The second-order valence-corrected chi connectivity index (χ2v) is 4.48. The SMILES string of the molecule is CCOc1cc(C(C)=O)cc(I)c1C(F)(F)F.